The number of hydrogen-bond donors (Lipinski definition) is 1. The predicted molar refractivity (Wildman–Crippen MR) is 73.9 cm³/mol. The standard InChI is InChI=1S/C14H11ClF2N2O/c15-11-1-2-14(10(5-11)7-19-18)20-8-9-3-12(16)6-13(17)4-9/h1-7H,8,18H2. The Labute approximate surface area is 119 Å². The lowest BCUT2D eigenvalue weighted by Gasteiger charge is -2.09. The third-order valence-electron chi connectivity index (χ3n) is 2.50. The minimum atomic E-state index is -0.650. The Morgan fingerprint density at radius 1 is 1.15 bits per heavy atom. The molecule has 2 rings (SSSR count). The van der Waals surface area contributed by atoms with Crippen LogP contribution in [0.2, 0.25) is 5.02 Å². The zero-order valence-electron chi connectivity index (χ0n) is 10.3. The molecule has 0 unspecified atom stereocenters. The number of ether oxygens (including phenoxy) is 1. The molecule has 0 fully saturated rings. The average Bonchev–Trinajstić information content (AvgIpc) is 2.37. The summed E-state index contributed by atoms with van der Waals surface area (Å²) >= 11 is 5.85. The first kappa shape index (κ1) is 14.3. The maximum absolute atomic E-state index is 13.1. The van der Waals surface area contributed by atoms with Crippen molar-refractivity contribution in [2.24, 2.45) is 10.9 Å². The van der Waals surface area contributed by atoms with Crippen LogP contribution in [0.3, 0.4) is 0 Å². The molecule has 20 heavy (non-hydrogen) atoms. The average molecular weight is 297 g/mol. The minimum Gasteiger partial charge on any atom is -0.488 e. The van der Waals surface area contributed by atoms with Crippen molar-refractivity contribution in [1.82, 2.24) is 0 Å². The van der Waals surface area contributed by atoms with Crippen LogP contribution in [0.1, 0.15) is 11.1 Å². The monoisotopic (exact) mass is 296 g/mol. The summed E-state index contributed by atoms with van der Waals surface area (Å²) in [6.45, 7) is 0.0156. The van der Waals surface area contributed by atoms with E-state index in [0.717, 1.165) is 6.07 Å². The highest BCUT2D eigenvalue weighted by molar-refractivity contribution is 6.30. The van der Waals surface area contributed by atoms with Crippen molar-refractivity contribution < 1.29 is 13.5 Å². The quantitative estimate of drug-likeness (QED) is 0.533. The lowest BCUT2D eigenvalue weighted by molar-refractivity contribution is 0.304. The number of hydrogen-bond acceptors (Lipinski definition) is 3. The van der Waals surface area contributed by atoms with Crippen LogP contribution in [-0.4, -0.2) is 6.21 Å². The fraction of sp³-hybridized carbons (Fsp3) is 0.0714. The first-order valence-electron chi connectivity index (χ1n) is 5.69. The molecule has 0 atom stereocenters. The molecule has 0 aromatic heterocycles. The van der Waals surface area contributed by atoms with E-state index < -0.39 is 11.6 Å². The van der Waals surface area contributed by atoms with E-state index in [-0.39, 0.29) is 6.61 Å². The maximum atomic E-state index is 13.1. The molecule has 6 heteroatoms. The second-order valence-corrected chi connectivity index (χ2v) is 4.46. The second-order valence-electron chi connectivity index (χ2n) is 4.03. The van der Waals surface area contributed by atoms with Crippen LogP contribution in [-0.2, 0) is 6.61 Å². The predicted octanol–water partition coefficient (Wildman–Crippen LogP) is 3.49. The van der Waals surface area contributed by atoms with Crippen LogP contribution in [0, 0.1) is 11.6 Å². The Kier molecular flexibility index (Phi) is 4.53. The van der Waals surface area contributed by atoms with Gasteiger partial charge in [0.2, 0.25) is 0 Å². The van der Waals surface area contributed by atoms with Gasteiger partial charge in [0, 0.05) is 16.7 Å². The van der Waals surface area contributed by atoms with E-state index in [1.807, 2.05) is 0 Å². The molecule has 2 aromatic rings. The van der Waals surface area contributed by atoms with Gasteiger partial charge < -0.3 is 10.6 Å². The first-order chi connectivity index (χ1) is 9.58. The Bertz CT molecular complexity index is 627. The Morgan fingerprint density at radius 3 is 2.50 bits per heavy atom. The minimum absolute atomic E-state index is 0.0156. The Balaban J connectivity index is 2.18. The molecule has 0 radical (unpaired) electrons. The maximum Gasteiger partial charge on any atom is 0.128 e. The van der Waals surface area contributed by atoms with Crippen molar-refractivity contribution in [3.63, 3.8) is 0 Å². The van der Waals surface area contributed by atoms with Crippen LogP contribution < -0.4 is 10.6 Å². The molecule has 2 N–H and O–H groups in total. The number of rotatable bonds is 4. The van der Waals surface area contributed by atoms with Gasteiger partial charge in [-0.3, -0.25) is 0 Å². The van der Waals surface area contributed by atoms with Crippen LogP contribution in [0.4, 0.5) is 8.78 Å². The molecule has 0 heterocycles. The summed E-state index contributed by atoms with van der Waals surface area (Å²) in [5.41, 5.74) is 0.963. The SMILES string of the molecule is NN=Cc1cc(Cl)ccc1OCc1cc(F)cc(F)c1. The molecular weight excluding hydrogens is 286 g/mol. The van der Waals surface area contributed by atoms with Crippen molar-refractivity contribution in [2.45, 2.75) is 6.61 Å². The fourth-order valence-electron chi connectivity index (χ4n) is 1.69. The van der Waals surface area contributed by atoms with Crippen molar-refractivity contribution in [2.75, 3.05) is 0 Å². The molecule has 0 bridgehead atoms. The summed E-state index contributed by atoms with van der Waals surface area (Å²) in [6, 6.07) is 8.11. The largest absolute Gasteiger partial charge is 0.488 e. The zero-order chi connectivity index (χ0) is 14.5. The van der Waals surface area contributed by atoms with E-state index in [4.69, 9.17) is 22.2 Å². The topological polar surface area (TPSA) is 47.6 Å². The summed E-state index contributed by atoms with van der Waals surface area (Å²) < 4.78 is 31.6. The molecule has 2 aromatic carbocycles. The molecule has 0 saturated carbocycles. The van der Waals surface area contributed by atoms with E-state index in [1.165, 1.54) is 18.3 Å². The fourth-order valence-corrected chi connectivity index (χ4v) is 1.87. The van der Waals surface area contributed by atoms with E-state index >= 15 is 0 Å². The van der Waals surface area contributed by atoms with Crippen molar-refractivity contribution in [3.05, 3.63) is 64.2 Å². The summed E-state index contributed by atoms with van der Waals surface area (Å²) in [6.07, 6.45) is 1.38. The smallest absolute Gasteiger partial charge is 0.128 e. The van der Waals surface area contributed by atoms with Crippen LogP contribution >= 0.6 is 11.6 Å². The van der Waals surface area contributed by atoms with Gasteiger partial charge in [0.05, 0.1) is 6.21 Å². The molecule has 3 nitrogen and oxygen atoms in total. The van der Waals surface area contributed by atoms with Crippen LogP contribution in [0.25, 0.3) is 0 Å². The molecule has 0 aliphatic carbocycles. The molecule has 0 saturated heterocycles. The molecule has 0 amide bonds. The van der Waals surface area contributed by atoms with Gasteiger partial charge in [-0.1, -0.05) is 11.6 Å². The van der Waals surface area contributed by atoms with Crippen molar-refractivity contribution in [3.8, 4) is 5.75 Å². The summed E-state index contributed by atoms with van der Waals surface area (Å²) in [5, 5.41) is 3.91. The third-order valence-corrected chi connectivity index (χ3v) is 2.74. The third kappa shape index (κ3) is 3.68. The number of benzene rings is 2. The van der Waals surface area contributed by atoms with Gasteiger partial charge in [0.1, 0.15) is 24.0 Å². The van der Waals surface area contributed by atoms with Crippen molar-refractivity contribution >= 4 is 17.8 Å². The van der Waals surface area contributed by atoms with E-state index in [9.17, 15) is 8.78 Å². The summed E-state index contributed by atoms with van der Waals surface area (Å²) in [7, 11) is 0. The summed E-state index contributed by atoms with van der Waals surface area (Å²) in [4.78, 5) is 0. The van der Waals surface area contributed by atoms with Gasteiger partial charge in [0.25, 0.3) is 0 Å². The normalized spacial score (nSPS) is 10.9. The van der Waals surface area contributed by atoms with Gasteiger partial charge >= 0.3 is 0 Å². The van der Waals surface area contributed by atoms with Gasteiger partial charge in [-0.25, -0.2) is 8.78 Å². The first-order valence-corrected chi connectivity index (χ1v) is 6.07. The zero-order valence-corrected chi connectivity index (χ0v) is 11.1. The summed E-state index contributed by atoms with van der Waals surface area (Å²) in [5.74, 6) is 4.26. The lowest BCUT2D eigenvalue weighted by Crippen LogP contribution is -2.00. The van der Waals surface area contributed by atoms with Gasteiger partial charge in [-0.15, -0.1) is 0 Å². The Morgan fingerprint density at radius 2 is 1.85 bits per heavy atom. The highest BCUT2D eigenvalue weighted by atomic mass is 35.5. The van der Waals surface area contributed by atoms with Gasteiger partial charge in [-0.2, -0.15) is 5.10 Å². The number of halogens is 3. The van der Waals surface area contributed by atoms with E-state index in [1.54, 1.807) is 18.2 Å². The highest BCUT2D eigenvalue weighted by Crippen LogP contribution is 2.22. The van der Waals surface area contributed by atoms with E-state index in [2.05, 4.69) is 5.10 Å². The molecule has 104 valence electrons. The van der Waals surface area contributed by atoms with Crippen LogP contribution in [0.5, 0.6) is 5.75 Å². The van der Waals surface area contributed by atoms with Crippen LogP contribution in [0.15, 0.2) is 41.5 Å². The Hall–Kier alpha value is -2.14. The number of hydrazone groups is 1. The molecule has 0 aliphatic heterocycles. The highest BCUT2D eigenvalue weighted by Gasteiger charge is 2.05. The molecule has 0 aliphatic rings. The molecular formula is C14H11ClF2N2O. The van der Waals surface area contributed by atoms with Crippen molar-refractivity contribution in [1.29, 1.82) is 0 Å². The van der Waals surface area contributed by atoms with Gasteiger partial charge in [0.15, 0.2) is 0 Å². The van der Waals surface area contributed by atoms with E-state index in [0.29, 0.717) is 21.9 Å². The number of nitrogens with zero attached hydrogens (tertiary/aromatic N) is 1. The molecule has 0 spiro atoms. The lowest BCUT2D eigenvalue weighted by atomic mass is 10.2. The number of nitrogens with two attached hydrogens (primary N) is 1. The second kappa shape index (κ2) is 6.34. The van der Waals surface area contributed by atoms with Gasteiger partial charge in [-0.05, 0) is 35.9 Å².